The van der Waals surface area contributed by atoms with Crippen molar-refractivity contribution in [1.29, 1.82) is 0 Å². The molecule has 0 saturated carbocycles. The van der Waals surface area contributed by atoms with Crippen molar-refractivity contribution in [2.75, 3.05) is 26.2 Å². The molecule has 17 heavy (non-hydrogen) atoms. The number of rotatable bonds is 5. The maximum Gasteiger partial charge on any atom is 0.237 e. The molecule has 1 saturated heterocycles. The Labute approximate surface area is 104 Å². The average Bonchev–Trinajstić information content (AvgIpc) is 2.36. The smallest absolute Gasteiger partial charge is 0.237 e. The van der Waals surface area contributed by atoms with E-state index in [4.69, 9.17) is 12.2 Å². The topological polar surface area (TPSA) is 58.4 Å². The highest BCUT2D eigenvalue weighted by Crippen LogP contribution is 2.21. The lowest BCUT2D eigenvalue weighted by molar-refractivity contribution is -0.126. The number of amides is 1. The van der Waals surface area contributed by atoms with Crippen LogP contribution in [0.1, 0.15) is 26.2 Å². The molecule has 4 heteroatoms. The molecule has 0 bridgehead atoms. The number of nitrogens with one attached hydrogen (secondary N) is 1. The molecule has 1 unspecified atom stereocenters. The van der Waals surface area contributed by atoms with Crippen molar-refractivity contribution in [3.63, 3.8) is 0 Å². The number of hydrogen-bond acceptors (Lipinski definition) is 3. The van der Waals surface area contributed by atoms with Crippen molar-refractivity contribution in [2.45, 2.75) is 32.2 Å². The molecule has 1 aliphatic rings. The standard InChI is InChI=1S/C13H23N3O/c1-3-8-15-13(17)11(2)16-9-5-12(4-7-14)6-10-16/h1,11-12H,4-10,14H2,2H3,(H,15,17). The van der Waals surface area contributed by atoms with Gasteiger partial charge in [0.15, 0.2) is 0 Å². The van der Waals surface area contributed by atoms with Gasteiger partial charge in [-0.15, -0.1) is 6.42 Å². The molecule has 0 aromatic heterocycles. The predicted molar refractivity (Wildman–Crippen MR) is 69.3 cm³/mol. The van der Waals surface area contributed by atoms with E-state index in [0.29, 0.717) is 6.54 Å². The Morgan fingerprint density at radius 2 is 2.24 bits per heavy atom. The van der Waals surface area contributed by atoms with E-state index in [-0.39, 0.29) is 11.9 Å². The van der Waals surface area contributed by atoms with E-state index in [1.165, 1.54) is 0 Å². The van der Waals surface area contributed by atoms with Crippen LogP contribution < -0.4 is 11.1 Å². The van der Waals surface area contributed by atoms with Gasteiger partial charge in [-0.3, -0.25) is 9.69 Å². The first-order valence-electron chi connectivity index (χ1n) is 6.34. The molecule has 0 aromatic carbocycles. The lowest BCUT2D eigenvalue weighted by Gasteiger charge is -2.35. The van der Waals surface area contributed by atoms with Crippen LogP contribution in [0, 0.1) is 18.3 Å². The molecule has 0 radical (unpaired) electrons. The summed E-state index contributed by atoms with van der Waals surface area (Å²) in [6, 6.07) is -0.0813. The van der Waals surface area contributed by atoms with Crippen molar-refractivity contribution in [1.82, 2.24) is 10.2 Å². The molecule has 4 nitrogen and oxygen atoms in total. The number of nitrogens with two attached hydrogens (primary N) is 1. The zero-order valence-electron chi connectivity index (χ0n) is 10.6. The summed E-state index contributed by atoms with van der Waals surface area (Å²) in [7, 11) is 0. The quantitative estimate of drug-likeness (QED) is 0.671. The second-order valence-corrected chi connectivity index (χ2v) is 4.65. The Kier molecular flexibility index (Phi) is 6.03. The highest BCUT2D eigenvalue weighted by molar-refractivity contribution is 5.81. The van der Waals surface area contributed by atoms with Crippen LogP contribution in [0.5, 0.6) is 0 Å². The molecule has 3 N–H and O–H groups in total. The summed E-state index contributed by atoms with van der Waals surface area (Å²) in [5.74, 6) is 3.18. The lowest BCUT2D eigenvalue weighted by atomic mass is 9.93. The molecular weight excluding hydrogens is 214 g/mol. The van der Waals surface area contributed by atoms with Gasteiger partial charge >= 0.3 is 0 Å². The zero-order chi connectivity index (χ0) is 12.7. The molecule has 1 aliphatic heterocycles. The SMILES string of the molecule is C#CCNC(=O)C(C)N1CCC(CCN)CC1. The fourth-order valence-corrected chi connectivity index (χ4v) is 2.32. The highest BCUT2D eigenvalue weighted by Gasteiger charge is 2.25. The van der Waals surface area contributed by atoms with Crippen LogP contribution in [0.25, 0.3) is 0 Å². The Morgan fingerprint density at radius 1 is 1.59 bits per heavy atom. The Balaban J connectivity index is 2.32. The van der Waals surface area contributed by atoms with Gasteiger partial charge in [-0.05, 0) is 51.7 Å². The van der Waals surface area contributed by atoms with E-state index < -0.39 is 0 Å². The average molecular weight is 237 g/mol. The third-order valence-electron chi connectivity index (χ3n) is 3.52. The van der Waals surface area contributed by atoms with Crippen molar-refractivity contribution >= 4 is 5.91 Å². The molecule has 1 atom stereocenters. The maximum atomic E-state index is 11.7. The highest BCUT2D eigenvalue weighted by atomic mass is 16.2. The number of hydrogen-bond donors (Lipinski definition) is 2. The molecule has 1 heterocycles. The van der Waals surface area contributed by atoms with Gasteiger partial charge in [0, 0.05) is 0 Å². The van der Waals surface area contributed by atoms with Crippen LogP contribution in [0.15, 0.2) is 0 Å². The number of likely N-dealkylation sites (tertiary alicyclic amines) is 1. The molecule has 0 aromatic rings. The van der Waals surface area contributed by atoms with E-state index in [1.807, 2.05) is 6.92 Å². The Hall–Kier alpha value is -1.05. The minimum Gasteiger partial charge on any atom is -0.344 e. The van der Waals surface area contributed by atoms with Crippen LogP contribution in [0.3, 0.4) is 0 Å². The van der Waals surface area contributed by atoms with Gasteiger partial charge in [0.25, 0.3) is 0 Å². The summed E-state index contributed by atoms with van der Waals surface area (Å²) in [6.45, 7) is 4.98. The monoisotopic (exact) mass is 237 g/mol. The van der Waals surface area contributed by atoms with Gasteiger partial charge in [0.1, 0.15) is 0 Å². The summed E-state index contributed by atoms with van der Waals surface area (Å²) in [5.41, 5.74) is 5.56. The second kappa shape index (κ2) is 7.31. The second-order valence-electron chi connectivity index (χ2n) is 4.65. The number of carbonyl (C=O) groups excluding carboxylic acids is 1. The van der Waals surface area contributed by atoms with Crippen LogP contribution in [0.4, 0.5) is 0 Å². The Morgan fingerprint density at radius 3 is 2.76 bits per heavy atom. The molecule has 96 valence electrons. The summed E-state index contributed by atoms with van der Waals surface area (Å²) >= 11 is 0. The molecule has 0 aliphatic carbocycles. The van der Waals surface area contributed by atoms with E-state index in [1.54, 1.807) is 0 Å². The fourth-order valence-electron chi connectivity index (χ4n) is 2.32. The third kappa shape index (κ3) is 4.37. The molecular formula is C13H23N3O. The number of piperidine rings is 1. The number of carbonyl (C=O) groups is 1. The van der Waals surface area contributed by atoms with Gasteiger partial charge in [-0.1, -0.05) is 5.92 Å². The summed E-state index contributed by atoms with van der Waals surface area (Å²) < 4.78 is 0. The first kappa shape index (κ1) is 14.0. The predicted octanol–water partition coefficient (Wildman–Crippen LogP) is 0.185. The summed E-state index contributed by atoms with van der Waals surface area (Å²) in [4.78, 5) is 14.0. The minimum atomic E-state index is -0.0813. The van der Waals surface area contributed by atoms with Gasteiger partial charge < -0.3 is 11.1 Å². The lowest BCUT2D eigenvalue weighted by Crippen LogP contribution is -2.48. The van der Waals surface area contributed by atoms with Gasteiger partial charge in [0.2, 0.25) is 5.91 Å². The van der Waals surface area contributed by atoms with E-state index in [2.05, 4.69) is 16.1 Å². The molecule has 0 spiro atoms. The molecule has 1 rings (SSSR count). The first-order valence-corrected chi connectivity index (χ1v) is 6.34. The van der Waals surface area contributed by atoms with E-state index in [0.717, 1.165) is 44.8 Å². The van der Waals surface area contributed by atoms with Gasteiger partial charge in [-0.25, -0.2) is 0 Å². The molecule has 1 fully saturated rings. The van der Waals surface area contributed by atoms with E-state index in [9.17, 15) is 4.79 Å². The number of nitrogens with zero attached hydrogens (tertiary/aromatic N) is 1. The van der Waals surface area contributed by atoms with Crippen LogP contribution in [0.2, 0.25) is 0 Å². The summed E-state index contributed by atoms with van der Waals surface area (Å²) in [5, 5.41) is 2.73. The van der Waals surface area contributed by atoms with Crippen LogP contribution in [-0.4, -0.2) is 43.0 Å². The normalized spacial score (nSPS) is 19.6. The maximum absolute atomic E-state index is 11.7. The van der Waals surface area contributed by atoms with Crippen LogP contribution >= 0.6 is 0 Å². The van der Waals surface area contributed by atoms with Crippen molar-refractivity contribution in [2.24, 2.45) is 11.7 Å². The van der Waals surface area contributed by atoms with Crippen molar-refractivity contribution in [3.05, 3.63) is 0 Å². The fraction of sp³-hybridized carbons (Fsp3) is 0.769. The third-order valence-corrected chi connectivity index (χ3v) is 3.52. The largest absolute Gasteiger partial charge is 0.344 e. The summed E-state index contributed by atoms with van der Waals surface area (Å²) in [6.07, 6.45) is 8.51. The van der Waals surface area contributed by atoms with Crippen LogP contribution in [-0.2, 0) is 4.79 Å². The van der Waals surface area contributed by atoms with Crippen molar-refractivity contribution in [3.8, 4) is 12.3 Å². The molecule has 1 amide bonds. The van der Waals surface area contributed by atoms with Gasteiger partial charge in [0.05, 0.1) is 12.6 Å². The Bertz CT molecular complexity index is 277. The van der Waals surface area contributed by atoms with E-state index >= 15 is 0 Å². The minimum absolute atomic E-state index is 0.0280. The zero-order valence-corrected chi connectivity index (χ0v) is 10.6. The van der Waals surface area contributed by atoms with Gasteiger partial charge in [-0.2, -0.15) is 0 Å². The first-order chi connectivity index (χ1) is 8.19. The van der Waals surface area contributed by atoms with Crippen molar-refractivity contribution < 1.29 is 4.79 Å². The number of terminal acetylenes is 1.